The smallest absolute Gasteiger partial charge is 0.249 e. The van der Waals surface area contributed by atoms with E-state index in [1.54, 1.807) is 43.3 Å². The van der Waals surface area contributed by atoms with Gasteiger partial charge in [0.1, 0.15) is 17.7 Å². The Balaban J connectivity index is 1.59. The summed E-state index contributed by atoms with van der Waals surface area (Å²) in [6, 6.07) is 12.3. The maximum absolute atomic E-state index is 13.2. The van der Waals surface area contributed by atoms with Gasteiger partial charge >= 0.3 is 0 Å². The van der Waals surface area contributed by atoms with E-state index in [9.17, 15) is 9.18 Å². The van der Waals surface area contributed by atoms with Crippen LogP contribution in [-0.2, 0) is 11.2 Å². The zero-order valence-electron chi connectivity index (χ0n) is 15.4. The van der Waals surface area contributed by atoms with Crippen LogP contribution in [-0.4, -0.2) is 36.3 Å². The van der Waals surface area contributed by atoms with Gasteiger partial charge in [-0.05, 0) is 53.2 Å². The van der Waals surface area contributed by atoms with E-state index < -0.39 is 6.04 Å². The van der Waals surface area contributed by atoms with E-state index in [0.717, 1.165) is 5.56 Å². The molecular formula is C19H16FN7O2. The van der Waals surface area contributed by atoms with Crippen LogP contribution in [0, 0.1) is 12.7 Å². The molecule has 2 aromatic heterocycles. The van der Waals surface area contributed by atoms with E-state index in [1.807, 2.05) is 0 Å². The Kier molecular flexibility index (Phi) is 5.06. The summed E-state index contributed by atoms with van der Waals surface area (Å²) >= 11 is 0. The molecule has 0 saturated heterocycles. The zero-order chi connectivity index (χ0) is 20.2. The SMILES string of the molecule is Cc1nnnn1C(Cc1ccc(F)cc1)C(=O)Nc1cccc(-c2nnco2)c1. The van der Waals surface area contributed by atoms with Crippen molar-refractivity contribution < 1.29 is 13.6 Å². The van der Waals surface area contributed by atoms with Crippen molar-refractivity contribution in [2.45, 2.75) is 19.4 Å². The first-order valence-corrected chi connectivity index (χ1v) is 8.76. The molecule has 9 nitrogen and oxygen atoms in total. The molecule has 1 amide bonds. The van der Waals surface area contributed by atoms with Crippen LogP contribution in [0.4, 0.5) is 10.1 Å². The topological polar surface area (TPSA) is 112 Å². The molecule has 0 aliphatic carbocycles. The predicted octanol–water partition coefficient (Wildman–Crippen LogP) is 2.59. The number of nitrogens with one attached hydrogen (secondary N) is 1. The van der Waals surface area contributed by atoms with Gasteiger partial charge in [-0.2, -0.15) is 0 Å². The lowest BCUT2D eigenvalue weighted by Crippen LogP contribution is -2.29. The summed E-state index contributed by atoms with van der Waals surface area (Å²) in [5, 5.41) is 21.8. The number of amides is 1. The Hall–Kier alpha value is -3.95. The van der Waals surface area contributed by atoms with Crippen molar-refractivity contribution in [2.24, 2.45) is 0 Å². The Morgan fingerprint density at radius 1 is 1.21 bits per heavy atom. The maximum Gasteiger partial charge on any atom is 0.249 e. The highest BCUT2D eigenvalue weighted by atomic mass is 19.1. The number of anilines is 1. The van der Waals surface area contributed by atoms with Crippen molar-refractivity contribution in [3.8, 4) is 11.5 Å². The summed E-state index contributed by atoms with van der Waals surface area (Å²) in [7, 11) is 0. The molecule has 29 heavy (non-hydrogen) atoms. The molecule has 2 aromatic carbocycles. The molecular weight excluding hydrogens is 377 g/mol. The summed E-state index contributed by atoms with van der Waals surface area (Å²) in [6.45, 7) is 1.71. The van der Waals surface area contributed by atoms with Gasteiger partial charge < -0.3 is 9.73 Å². The van der Waals surface area contributed by atoms with Crippen molar-refractivity contribution in [3.63, 3.8) is 0 Å². The van der Waals surface area contributed by atoms with Crippen molar-refractivity contribution in [3.05, 3.63) is 72.1 Å². The van der Waals surface area contributed by atoms with Crippen molar-refractivity contribution in [1.82, 2.24) is 30.4 Å². The molecule has 1 unspecified atom stereocenters. The minimum Gasteiger partial charge on any atom is -0.423 e. The number of rotatable bonds is 6. The first-order chi connectivity index (χ1) is 14.1. The number of hydrogen-bond acceptors (Lipinski definition) is 7. The van der Waals surface area contributed by atoms with Crippen LogP contribution in [0.3, 0.4) is 0 Å². The predicted molar refractivity (Wildman–Crippen MR) is 100 cm³/mol. The highest BCUT2D eigenvalue weighted by Crippen LogP contribution is 2.22. The number of halogens is 1. The Morgan fingerprint density at radius 3 is 2.72 bits per heavy atom. The third-order valence-electron chi connectivity index (χ3n) is 4.33. The number of benzene rings is 2. The first kappa shape index (κ1) is 18.4. The lowest BCUT2D eigenvalue weighted by Gasteiger charge is -2.18. The lowest BCUT2D eigenvalue weighted by atomic mass is 10.0. The maximum atomic E-state index is 13.2. The molecule has 1 N–H and O–H groups in total. The van der Waals surface area contributed by atoms with Crippen LogP contribution < -0.4 is 5.32 Å². The van der Waals surface area contributed by atoms with Crippen molar-refractivity contribution in [2.75, 3.05) is 5.32 Å². The van der Waals surface area contributed by atoms with E-state index in [2.05, 4.69) is 31.0 Å². The average molecular weight is 393 g/mol. The fourth-order valence-corrected chi connectivity index (χ4v) is 2.91. The van der Waals surface area contributed by atoms with Gasteiger partial charge in [0.25, 0.3) is 0 Å². The van der Waals surface area contributed by atoms with E-state index >= 15 is 0 Å². The second-order valence-corrected chi connectivity index (χ2v) is 6.33. The van der Waals surface area contributed by atoms with Crippen LogP contribution in [0.1, 0.15) is 17.4 Å². The van der Waals surface area contributed by atoms with Gasteiger partial charge in [0, 0.05) is 17.7 Å². The summed E-state index contributed by atoms with van der Waals surface area (Å²) in [6.07, 6.45) is 1.53. The molecule has 0 aliphatic rings. The van der Waals surface area contributed by atoms with Crippen LogP contribution in [0.15, 0.2) is 59.3 Å². The molecule has 10 heteroatoms. The molecule has 0 aliphatic heterocycles. The quantitative estimate of drug-likeness (QED) is 0.536. The molecule has 1 atom stereocenters. The Labute approximate surface area is 164 Å². The number of tetrazole rings is 1. The van der Waals surface area contributed by atoms with Gasteiger partial charge in [-0.3, -0.25) is 4.79 Å². The van der Waals surface area contributed by atoms with Gasteiger partial charge in [0.15, 0.2) is 0 Å². The first-order valence-electron chi connectivity index (χ1n) is 8.76. The molecule has 4 aromatic rings. The number of carbonyl (C=O) groups excluding carboxylic acids is 1. The third-order valence-corrected chi connectivity index (χ3v) is 4.33. The lowest BCUT2D eigenvalue weighted by molar-refractivity contribution is -0.119. The van der Waals surface area contributed by atoms with E-state index in [0.29, 0.717) is 29.4 Å². The van der Waals surface area contributed by atoms with E-state index in [1.165, 1.54) is 23.2 Å². The second kappa shape index (κ2) is 7.97. The zero-order valence-corrected chi connectivity index (χ0v) is 15.4. The van der Waals surface area contributed by atoms with E-state index in [4.69, 9.17) is 4.42 Å². The molecule has 0 spiro atoms. The van der Waals surface area contributed by atoms with Gasteiger partial charge in [-0.1, -0.05) is 18.2 Å². The molecule has 0 radical (unpaired) electrons. The van der Waals surface area contributed by atoms with Gasteiger partial charge in [0.05, 0.1) is 0 Å². The number of carbonyl (C=O) groups is 1. The Bertz CT molecular complexity index is 1110. The van der Waals surface area contributed by atoms with Gasteiger partial charge in [-0.25, -0.2) is 9.07 Å². The average Bonchev–Trinajstić information content (AvgIpc) is 3.40. The molecule has 4 rings (SSSR count). The molecule has 146 valence electrons. The van der Waals surface area contributed by atoms with Gasteiger partial charge in [0.2, 0.25) is 18.2 Å². The summed E-state index contributed by atoms with van der Waals surface area (Å²) in [4.78, 5) is 13.1. The highest BCUT2D eigenvalue weighted by Gasteiger charge is 2.24. The van der Waals surface area contributed by atoms with Crippen molar-refractivity contribution >= 4 is 11.6 Å². The fraction of sp³-hybridized carbons (Fsp3) is 0.158. The van der Waals surface area contributed by atoms with Crippen LogP contribution in [0.2, 0.25) is 0 Å². The summed E-state index contributed by atoms with van der Waals surface area (Å²) in [5.74, 6) is 0.186. The third kappa shape index (κ3) is 4.15. The van der Waals surface area contributed by atoms with Crippen LogP contribution in [0.5, 0.6) is 0 Å². The molecule has 0 saturated carbocycles. The largest absolute Gasteiger partial charge is 0.423 e. The molecule has 0 fully saturated rings. The number of aromatic nitrogens is 6. The highest BCUT2D eigenvalue weighted by molar-refractivity contribution is 5.94. The number of aryl methyl sites for hydroxylation is 1. The fourth-order valence-electron chi connectivity index (χ4n) is 2.91. The minimum atomic E-state index is -0.720. The standard InChI is InChI=1S/C19H16FN7O2/c1-12-23-25-26-27(12)17(9-13-5-7-15(20)8-6-13)18(28)22-16-4-2-3-14(10-16)19-24-21-11-29-19/h2-8,10-11,17H,9H2,1H3,(H,22,28). The number of nitrogens with zero attached hydrogens (tertiary/aromatic N) is 6. The van der Waals surface area contributed by atoms with Crippen LogP contribution >= 0.6 is 0 Å². The molecule has 2 heterocycles. The number of hydrogen-bond donors (Lipinski definition) is 1. The van der Waals surface area contributed by atoms with Crippen LogP contribution in [0.25, 0.3) is 11.5 Å². The van der Waals surface area contributed by atoms with E-state index in [-0.39, 0.29) is 11.7 Å². The minimum absolute atomic E-state index is 0.293. The van der Waals surface area contributed by atoms with Crippen molar-refractivity contribution in [1.29, 1.82) is 0 Å². The monoisotopic (exact) mass is 393 g/mol. The molecule has 0 bridgehead atoms. The summed E-state index contributed by atoms with van der Waals surface area (Å²) in [5.41, 5.74) is 2.01. The second-order valence-electron chi connectivity index (χ2n) is 6.33. The van der Waals surface area contributed by atoms with Gasteiger partial charge in [-0.15, -0.1) is 15.3 Å². The Morgan fingerprint density at radius 2 is 2.03 bits per heavy atom. The normalized spacial score (nSPS) is 11.9. The summed E-state index contributed by atoms with van der Waals surface area (Å²) < 4.78 is 19.9.